The number of aromatic nitrogens is 1. The van der Waals surface area contributed by atoms with Crippen molar-refractivity contribution in [2.24, 2.45) is 5.92 Å². The van der Waals surface area contributed by atoms with Gasteiger partial charge in [-0.15, -0.1) is 0 Å². The summed E-state index contributed by atoms with van der Waals surface area (Å²) in [6.45, 7) is 0. The van der Waals surface area contributed by atoms with Gasteiger partial charge in [-0.05, 0) is 36.4 Å². The molecule has 1 saturated carbocycles. The number of rotatable bonds is 0. The molecule has 1 aromatic carbocycles. The molecule has 78 valence electrons. The predicted molar refractivity (Wildman–Crippen MR) is 65.8 cm³/mol. The smallest absolute Gasteiger partial charge is 0.123 e. The standard InChI is InChI=1S/C14H12N2/c15-14-8-13-7-11(4-3-10-1-2-10)5-6-12(13)9-16-14/h5-10H,1-2H2,(H2,15,16). The van der Waals surface area contributed by atoms with E-state index in [-0.39, 0.29) is 0 Å². The summed E-state index contributed by atoms with van der Waals surface area (Å²) >= 11 is 0. The molecule has 0 aliphatic heterocycles. The van der Waals surface area contributed by atoms with Crippen LogP contribution < -0.4 is 5.73 Å². The number of nitrogen functional groups attached to an aromatic ring is 1. The first-order valence-corrected chi connectivity index (χ1v) is 5.48. The normalized spacial score (nSPS) is 14.5. The van der Waals surface area contributed by atoms with E-state index >= 15 is 0 Å². The fourth-order valence-electron chi connectivity index (χ4n) is 1.65. The van der Waals surface area contributed by atoms with Crippen LogP contribution in [0.1, 0.15) is 18.4 Å². The van der Waals surface area contributed by atoms with E-state index in [4.69, 9.17) is 5.73 Å². The lowest BCUT2D eigenvalue weighted by Crippen LogP contribution is -1.88. The van der Waals surface area contributed by atoms with Gasteiger partial charge in [0.2, 0.25) is 0 Å². The number of anilines is 1. The van der Waals surface area contributed by atoms with Gasteiger partial charge < -0.3 is 5.73 Å². The molecule has 1 aliphatic carbocycles. The van der Waals surface area contributed by atoms with Gasteiger partial charge in [-0.2, -0.15) is 0 Å². The highest BCUT2D eigenvalue weighted by atomic mass is 14.8. The first-order valence-electron chi connectivity index (χ1n) is 5.48. The van der Waals surface area contributed by atoms with Crippen LogP contribution in [0.25, 0.3) is 10.8 Å². The topological polar surface area (TPSA) is 38.9 Å². The molecule has 1 aliphatic rings. The molecule has 0 unspecified atom stereocenters. The van der Waals surface area contributed by atoms with E-state index in [2.05, 4.69) is 22.9 Å². The van der Waals surface area contributed by atoms with Gasteiger partial charge in [-0.25, -0.2) is 4.98 Å². The molecular formula is C14H12N2. The summed E-state index contributed by atoms with van der Waals surface area (Å²) in [6, 6.07) is 8.04. The highest BCUT2D eigenvalue weighted by Crippen LogP contribution is 2.27. The average Bonchev–Trinajstić information content (AvgIpc) is 3.09. The number of pyridine rings is 1. The summed E-state index contributed by atoms with van der Waals surface area (Å²) in [7, 11) is 0. The zero-order valence-corrected chi connectivity index (χ0v) is 8.90. The Kier molecular flexibility index (Phi) is 2.04. The summed E-state index contributed by atoms with van der Waals surface area (Å²) in [4.78, 5) is 4.06. The van der Waals surface area contributed by atoms with Crippen LogP contribution in [0, 0.1) is 17.8 Å². The lowest BCUT2D eigenvalue weighted by atomic mass is 10.1. The van der Waals surface area contributed by atoms with Gasteiger partial charge in [0.05, 0.1) is 0 Å². The summed E-state index contributed by atoms with van der Waals surface area (Å²) in [5, 5.41) is 2.21. The van der Waals surface area contributed by atoms with E-state index in [1.165, 1.54) is 12.8 Å². The Morgan fingerprint density at radius 2 is 2.06 bits per heavy atom. The molecular weight excluding hydrogens is 196 g/mol. The van der Waals surface area contributed by atoms with Crippen molar-refractivity contribution >= 4 is 16.6 Å². The molecule has 0 bridgehead atoms. The molecule has 3 rings (SSSR count). The molecule has 1 aromatic heterocycles. The monoisotopic (exact) mass is 208 g/mol. The summed E-state index contributed by atoms with van der Waals surface area (Å²) < 4.78 is 0. The third-order valence-corrected chi connectivity index (χ3v) is 2.74. The molecule has 0 amide bonds. The van der Waals surface area contributed by atoms with Gasteiger partial charge in [-0.3, -0.25) is 0 Å². The summed E-state index contributed by atoms with van der Waals surface area (Å²) in [5.74, 6) is 7.65. The number of fused-ring (bicyclic) bond motifs is 1. The van der Waals surface area contributed by atoms with Crippen molar-refractivity contribution in [2.75, 3.05) is 5.73 Å². The lowest BCUT2D eigenvalue weighted by molar-refractivity contribution is 1.18. The minimum Gasteiger partial charge on any atom is -0.384 e. The quantitative estimate of drug-likeness (QED) is 0.676. The maximum Gasteiger partial charge on any atom is 0.123 e. The maximum absolute atomic E-state index is 5.66. The molecule has 2 aromatic rings. The van der Waals surface area contributed by atoms with Crippen LogP contribution in [0.15, 0.2) is 30.5 Å². The van der Waals surface area contributed by atoms with E-state index in [1.807, 2.05) is 18.2 Å². The second-order valence-corrected chi connectivity index (χ2v) is 4.21. The lowest BCUT2D eigenvalue weighted by Gasteiger charge is -1.99. The Hall–Kier alpha value is -2.01. The predicted octanol–water partition coefficient (Wildman–Crippen LogP) is 2.58. The van der Waals surface area contributed by atoms with Gasteiger partial charge in [0.1, 0.15) is 5.82 Å². The van der Waals surface area contributed by atoms with Crippen molar-refractivity contribution in [3.8, 4) is 11.8 Å². The van der Waals surface area contributed by atoms with Crippen LogP contribution in [0.2, 0.25) is 0 Å². The van der Waals surface area contributed by atoms with Gasteiger partial charge >= 0.3 is 0 Å². The van der Waals surface area contributed by atoms with Gasteiger partial charge in [-0.1, -0.05) is 17.9 Å². The van der Waals surface area contributed by atoms with Crippen molar-refractivity contribution in [1.82, 2.24) is 4.98 Å². The van der Waals surface area contributed by atoms with E-state index in [1.54, 1.807) is 6.20 Å². The molecule has 0 saturated heterocycles. The minimum atomic E-state index is 0.555. The van der Waals surface area contributed by atoms with E-state index < -0.39 is 0 Å². The zero-order valence-electron chi connectivity index (χ0n) is 8.90. The highest BCUT2D eigenvalue weighted by Gasteiger charge is 2.17. The molecule has 1 heterocycles. The van der Waals surface area contributed by atoms with Crippen molar-refractivity contribution in [2.45, 2.75) is 12.8 Å². The van der Waals surface area contributed by atoms with Crippen LogP contribution in [0.5, 0.6) is 0 Å². The van der Waals surface area contributed by atoms with Gasteiger partial charge in [0.15, 0.2) is 0 Å². The number of nitrogens with two attached hydrogens (primary N) is 1. The fourth-order valence-corrected chi connectivity index (χ4v) is 1.65. The molecule has 0 spiro atoms. The Labute approximate surface area is 94.5 Å². The number of hydrogen-bond donors (Lipinski definition) is 1. The maximum atomic E-state index is 5.66. The van der Waals surface area contributed by atoms with Gasteiger partial charge in [0.25, 0.3) is 0 Å². The van der Waals surface area contributed by atoms with Gasteiger partial charge in [0, 0.05) is 23.1 Å². The summed E-state index contributed by atoms with van der Waals surface area (Å²) in [5.41, 5.74) is 6.72. The molecule has 1 fully saturated rings. The molecule has 2 N–H and O–H groups in total. The van der Waals surface area contributed by atoms with E-state index in [0.29, 0.717) is 11.7 Å². The first-order chi connectivity index (χ1) is 7.81. The summed E-state index contributed by atoms with van der Waals surface area (Å²) in [6.07, 6.45) is 4.32. The number of benzene rings is 1. The third-order valence-electron chi connectivity index (χ3n) is 2.74. The van der Waals surface area contributed by atoms with Crippen molar-refractivity contribution in [1.29, 1.82) is 0 Å². The minimum absolute atomic E-state index is 0.555. The third kappa shape index (κ3) is 1.85. The second-order valence-electron chi connectivity index (χ2n) is 4.21. The second kappa shape index (κ2) is 3.53. The zero-order chi connectivity index (χ0) is 11.0. The van der Waals surface area contributed by atoms with Crippen molar-refractivity contribution < 1.29 is 0 Å². The Bertz CT molecular complexity index is 601. The van der Waals surface area contributed by atoms with Crippen LogP contribution in [-0.4, -0.2) is 4.98 Å². The number of hydrogen-bond acceptors (Lipinski definition) is 2. The van der Waals surface area contributed by atoms with Crippen LogP contribution in [-0.2, 0) is 0 Å². The molecule has 2 heteroatoms. The molecule has 0 radical (unpaired) electrons. The molecule has 0 atom stereocenters. The van der Waals surface area contributed by atoms with E-state index in [0.717, 1.165) is 16.3 Å². The largest absolute Gasteiger partial charge is 0.384 e. The Morgan fingerprint density at radius 1 is 1.19 bits per heavy atom. The fraction of sp³-hybridized carbons (Fsp3) is 0.214. The molecule has 2 nitrogen and oxygen atoms in total. The molecule has 16 heavy (non-hydrogen) atoms. The number of nitrogens with zero attached hydrogens (tertiary/aromatic N) is 1. The van der Waals surface area contributed by atoms with Crippen molar-refractivity contribution in [3.63, 3.8) is 0 Å². The van der Waals surface area contributed by atoms with Crippen LogP contribution in [0.4, 0.5) is 5.82 Å². The first kappa shape index (κ1) is 9.23. The van der Waals surface area contributed by atoms with E-state index in [9.17, 15) is 0 Å². The Morgan fingerprint density at radius 3 is 2.88 bits per heavy atom. The SMILES string of the molecule is Nc1cc2cc(C#CC3CC3)ccc2cn1. The van der Waals surface area contributed by atoms with Crippen LogP contribution in [0.3, 0.4) is 0 Å². The average molecular weight is 208 g/mol. The highest BCUT2D eigenvalue weighted by molar-refractivity contribution is 5.84. The van der Waals surface area contributed by atoms with Crippen LogP contribution >= 0.6 is 0 Å². The Balaban J connectivity index is 2.04. The van der Waals surface area contributed by atoms with Crippen molar-refractivity contribution in [3.05, 3.63) is 36.0 Å².